The Hall–Kier alpha value is -1.36. The van der Waals surface area contributed by atoms with Crippen LogP contribution in [0.1, 0.15) is 17.0 Å². The van der Waals surface area contributed by atoms with Crippen LogP contribution in [-0.2, 0) is 9.84 Å². The molecular formula is C17H18ClNO2S. The van der Waals surface area contributed by atoms with Gasteiger partial charge >= 0.3 is 0 Å². The van der Waals surface area contributed by atoms with Crippen LogP contribution in [0.25, 0.3) is 0 Å². The topological polar surface area (TPSA) is 60.2 Å². The van der Waals surface area contributed by atoms with E-state index in [-0.39, 0.29) is 11.8 Å². The molecule has 1 aliphatic rings. The molecule has 0 amide bonds. The molecule has 0 spiro atoms. The maximum atomic E-state index is 12.9. The molecule has 0 bridgehead atoms. The standard InChI is InChI=1S/C17H18ClNO2S/c1-11-5-7-14(8-6-11)22(20,21)17-15(10-19)16(17)12-3-2-4-13(18)9-12/h2-9,15-17H,10,19H2,1H3/t15-,16-,17+/m0/s1. The lowest BCUT2D eigenvalue weighted by atomic mass is 10.1. The minimum atomic E-state index is -3.38. The van der Waals surface area contributed by atoms with Crippen LogP contribution in [-0.4, -0.2) is 20.2 Å². The molecule has 0 unspecified atom stereocenters. The fourth-order valence-electron chi connectivity index (χ4n) is 3.08. The molecule has 2 aromatic carbocycles. The van der Waals surface area contributed by atoms with Crippen LogP contribution in [0.15, 0.2) is 53.4 Å². The predicted octanol–water partition coefficient (Wildman–Crippen LogP) is 3.16. The van der Waals surface area contributed by atoms with Crippen molar-refractivity contribution in [3.05, 3.63) is 64.7 Å². The molecule has 22 heavy (non-hydrogen) atoms. The number of hydrogen-bond donors (Lipinski definition) is 1. The molecule has 3 rings (SSSR count). The summed E-state index contributed by atoms with van der Waals surface area (Å²) in [6, 6.07) is 14.4. The van der Waals surface area contributed by atoms with Crippen molar-refractivity contribution in [3.63, 3.8) is 0 Å². The molecule has 5 heteroatoms. The van der Waals surface area contributed by atoms with Gasteiger partial charge < -0.3 is 5.73 Å². The summed E-state index contributed by atoms with van der Waals surface area (Å²) < 4.78 is 25.7. The van der Waals surface area contributed by atoms with E-state index in [4.69, 9.17) is 17.3 Å². The van der Waals surface area contributed by atoms with E-state index < -0.39 is 15.1 Å². The molecule has 1 fully saturated rings. The molecule has 3 nitrogen and oxygen atoms in total. The number of halogens is 1. The molecule has 0 saturated heterocycles. The first kappa shape index (κ1) is 15.5. The van der Waals surface area contributed by atoms with Gasteiger partial charge in [-0.2, -0.15) is 0 Å². The van der Waals surface area contributed by atoms with Crippen molar-refractivity contribution in [3.8, 4) is 0 Å². The van der Waals surface area contributed by atoms with Crippen molar-refractivity contribution in [2.45, 2.75) is 23.0 Å². The molecular weight excluding hydrogens is 318 g/mol. The van der Waals surface area contributed by atoms with Gasteiger partial charge in [-0.15, -0.1) is 0 Å². The van der Waals surface area contributed by atoms with Gasteiger partial charge in [-0.1, -0.05) is 41.4 Å². The lowest BCUT2D eigenvalue weighted by Gasteiger charge is -2.05. The van der Waals surface area contributed by atoms with Crippen LogP contribution in [0.4, 0.5) is 0 Å². The monoisotopic (exact) mass is 335 g/mol. The van der Waals surface area contributed by atoms with E-state index in [2.05, 4.69) is 0 Å². The Morgan fingerprint density at radius 3 is 2.41 bits per heavy atom. The van der Waals surface area contributed by atoms with Crippen molar-refractivity contribution in [1.82, 2.24) is 0 Å². The first-order valence-electron chi connectivity index (χ1n) is 7.21. The Kier molecular flexibility index (Phi) is 4.02. The van der Waals surface area contributed by atoms with E-state index >= 15 is 0 Å². The predicted molar refractivity (Wildman–Crippen MR) is 88.9 cm³/mol. The maximum Gasteiger partial charge on any atom is 0.182 e. The van der Waals surface area contributed by atoms with Crippen LogP contribution in [0.2, 0.25) is 5.02 Å². The lowest BCUT2D eigenvalue weighted by Crippen LogP contribution is -2.13. The zero-order valence-electron chi connectivity index (χ0n) is 12.2. The van der Waals surface area contributed by atoms with Gasteiger partial charge in [0.05, 0.1) is 10.1 Å². The van der Waals surface area contributed by atoms with Crippen LogP contribution in [0, 0.1) is 12.8 Å². The number of aryl methyl sites for hydroxylation is 1. The quantitative estimate of drug-likeness (QED) is 0.933. The summed E-state index contributed by atoms with van der Waals surface area (Å²) in [4.78, 5) is 0.367. The van der Waals surface area contributed by atoms with Crippen molar-refractivity contribution in [2.75, 3.05) is 6.54 Å². The molecule has 0 aliphatic heterocycles. The third-order valence-electron chi connectivity index (χ3n) is 4.31. The van der Waals surface area contributed by atoms with Crippen LogP contribution < -0.4 is 5.73 Å². The van der Waals surface area contributed by atoms with Gasteiger partial charge in [-0.25, -0.2) is 8.42 Å². The SMILES string of the molecule is Cc1ccc(S(=O)(=O)[C@@H]2[C@@H](CN)[C@@H]2c2cccc(Cl)c2)cc1. The van der Waals surface area contributed by atoms with Crippen molar-refractivity contribution in [1.29, 1.82) is 0 Å². The molecule has 0 radical (unpaired) electrons. The molecule has 1 aliphatic carbocycles. The van der Waals surface area contributed by atoms with Gasteiger partial charge in [0.15, 0.2) is 9.84 Å². The van der Waals surface area contributed by atoms with Gasteiger partial charge in [0.25, 0.3) is 0 Å². The summed E-state index contributed by atoms with van der Waals surface area (Å²) >= 11 is 6.02. The number of rotatable bonds is 4. The summed E-state index contributed by atoms with van der Waals surface area (Å²) in [5, 5.41) is 0.158. The normalized spacial score (nSPS) is 24.2. The second-order valence-electron chi connectivity index (χ2n) is 5.80. The third-order valence-corrected chi connectivity index (χ3v) is 6.83. The first-order valence-corrected chi connectivity index (χ1v) is 9.13. The van der Waals surface area contributed by atoms with Crippen LogP contribution >= 0.6 is 11.6 Å². The number of nitrogens with two attached hydrogens (primary N) is 1. The van der Waals surface area contributed by atoms with Crippen LogP contribution in [0.5, 0.6) is 0 Å². The Morgan fingerprint density at radius 2 is 1.82 bits per heavy atom. The molecule has 3 atom stereocenters. The Morgan fingerprint density at radius 1 is 1.14 bits per heavy atom. The number of benzene rings is 2. The molecule has 0 aromatic heterocycles. The van der Waals surface area contributed by atoms with Gasteiger partial charge in [0.1, 0.15) is 0 Å². The fraction of sp³-hybridized carbons (Fsp3) is 0.294. The average Bonchev–Trinajstić information content (AvgIpc) is 3.23. The Labute approximate surface area is 136 Å². The van der Waals surface area contributed by atoms with E-state index in [1.54, 1.807) is 18.2 Å². The molecule has 0 heterocycles. The summed E-state index contributed by atoms with van der Waals surface area (Å²) in [6.07, 6.45) is 0. The van der Waals surface area contributed by atoms with Gasteiger partial charge in [-0.3, -0.25) is 0 Å². The Balaban J connectivity index is 1.95. The summed E-state index contributed by atoms with van der Waals surface area (Å²) in [5.41, 5.74) is 7.78. The molecule has 116 valence electrons. The van der Waals surface area contributed by atoms with E-state index in [0.29, 0.717) is 16.5 Å². The molecule has 1 saturated carbocycles. The van der Waals surface area contributed by atoms with E-state index in [1.807, 2.05) is 37.3 Å². The number of hydrogen-bond acceptors (Lipinski definition) is 3. The zero-order chi connectivity index (χ0) is 15.9. The van der Waals surface area contributed by atoms with Crippen molar-refractivity contribution in [2.24, 2.45) is 11.7 Å². The minimum Gasteiger partial charge on any atom is -0.330 e. The zero-order valence-corrected chi connectivity index (χ0v) is 13.8. The van der Waals surface area contributed by atoms with Gasteiger partial charge in [0.2, 0.25) is 0 Å². The fourth-order valence-corrected chi connectivity index (χ4v) is 5.51. The van der Waals surface area contributed by atoms with Gasteiger partial charge in [0, 0.05) is 10.9 Å². The third kappa shape index (κ3) is 2.67. The summed E-state index contributed by atoms with van der Waals surface area (Å²) in [6.45, 7) is 2.29. The second-order valence-corrected chi connectivity index (χ2v) is 8.35. The lowest BCUT2D eigenvalue weighted by molar-refractivity contribution is 0.591. The maximum absolute atomic E-state index is 12.9. The van der Waals surface area contributed by atoms with Gasteiger partial charge in [-0.05, 0) is 49.2 Å². The molecule has 2 aromatic rings. The number of sulfone groups is 1. The van der Waals surface area contributed by atoms with Crippen LogP contribution in [0.3, 0.4) is 0 Å². The Bertz CT molecular complexity index is 787. The highest BCUT2D eigenvalue weighted by molar-refractivity contribution is 7.92. The van der Waals surface area contributed by atoms with E-state index in [9.17, 15) is 8.42 Å². The summed E-state index contributed by atoms with van der Waals surface area (Å²) in [5.74, 6) is -0.125. The van der Waals surface area contributed by atoms with Crippen molar-refractivity contribution >= 4 is 21.4 Å². The van der Waals surface area contributed by atoms with Crippen molar-refractivity contribution < 1.29 is 8.42 Å². The second kappa shape index (κ2) is 5.69. The largest absolute Gasteiger partial charge is 0.330 e. The minimum absolute atomic E-state index is 0.0511. The molecule has 2 N–H and O–H groups in total. The first-order chi connectivity index (χ1) is 10.4. The highest BCUT2D eigenvalue weighted by Crippen LogP contribution is 2.53. The van der Waals surface area contributed by atoms with E-state index in [0.717, 1.165) is 11.1 Å². The highest BCUT2D eigenvalue weighted by atomic mass is 35.5. The summed E-state index contributed by atoms with van der Waals surface area (Å²) in [7, 11) is -3.38. The smallest absolute Gasteiger partial charge is 0.182 e. The highest BCUT2D eigenvalue weighted by Gasteiger charge is 2.58. The average molecular weight is 336 g/mol. The van der Waals surface area contributed by atoms with E-state index in [1.165, 1.54) is 0 Å².